The van der Waals surface area contributed by atoms with E-state index in [1.807, 2.05) is 26.0 Å². The first kappa shape index (κ1) is 17.3. The highest BCUT2D eigenvalue weighted by Crippen LogP contribution is 2.27. The van der Waals surface area contributed by atoms with Crippen LogP contribution in [0.3, 0.4) is 0 Å². The third kappa shape index (κ3) is 4.02. The van der Waals surface area contributed by atoms with E-state index in [1.165, 1.54) is 5.56 Å². The van der Waals surface area contributed by atoms with E-state index in [0.29, 0.717) is 6.54 Å². The molecule has 0 amide bonds. The molecule has 1 heterocycles. The van der Waals surface area contributed by atoms with Gasteiger partial charge >= 0.3 is 0 Å². The lowest BCUT2D eigenvalue weighted by Crippen LogP contribution is -2.38. The standard InChI is InChI=1S/C17H27NO3S/c1-4-5-11-22(19,20)18-10-6-7-16(18)13-15-8-9-17(21-3)14(2)12-15/h8-9,12,16H,4-7,10-11,13H2,1-3H3. The van der Waals surface area contributed by atoms with Crippen molar-refractivity contribution < 1.29 is 13.2 Å². The summed E-state index contributed by atoms with van der Waals surface area (Å²) in [5.41, 5.74) is 2.28. The van der Waals surface area contributed by atoms with Crippen LogP contribution in [0.15, 0.2) is 18.2 Å². The second-order valence-electron chi connectivity index (χ2n) is 6.08. The molecule has 2 rings (SSSR count). The van der Waals surface area contributed by atoms with E-state index in [1.54, 1.807) is 11.4 Å². The van der Waals surface area contributed by atoms with Crippen LogP contribution in [0.4, 0.5) is 0 Å². The fourth-order valence-electron chi connectivity index (χ4n) is 3.16. The molecule has 0 radical (unpaired) electrons. The summed E-state index contributed by atoms with van der Waals surface area (Å²) in [6.07, 6.45) is 4.36. The summed E-state index contributed by atoms with van der Waals surface area (Å²) in [5, 5.41) is 0. The van der Waals surface area contributed by atoms with Gasteiger partial charge in [0.15, 0.2) is 0 Å². The van der Waals surface area contributed by atoms with Crippen LogP contribution in [0.2, 0.25) is 0 Å². The van der Waals surface area contributed by atoms with Crippen LogP contribution in [0.5, 0.6) is 5.75 Å². The molecule has 0 saturated carbocycles. The number of ether oxygens (including phenoxy) is 1. The molecule has 1 atom stereocenters. The Morgan fingerprint density at radius 1 is 1.36 bits per heavy atom. The number of methoxy groups -OCH3 is 1. The average molecular weight is 325 g/mol. The molecule has 1 fully saturated rings. The van der Waals surface area contributed by atoms with E-state index in [9.17, 15) is 8.42 Å². The van der Waals surface area contributed by atoms with Gasteiger partial charge in [0.2, 0.25) is 10.0 Å². The van der Waals surface area contributed by atoms with Crippen molar-refractivity contribution in [2.75, 3.05) is 19.4 Å². The van der Waals surface area contributed by atoms with Gasteiger partial charge in [0, 0.05) is 12.6 Å². The van der Waals surface area contributed by atoms with Gasteiger partial charge in [0.05, 0.1) is 12.9 Å². The molecule has 1 saturated heterocycles. The molecule has 0 N–H and O–H groups in total. The minimum atomic E-state index is -3.11. The summed E-state index contributed by atoms with van der Waals surface area (Å²) in [7, 11) is -1.44. The quantitative estimate of drug-likeness (QED) is 0.774. The maximum Gasteiger partial charge on any atom is 0.214 e. The van der Waals surface area contributed by atoms with E-state index in [4.69, 9.17) is 4.74 Å². The van der Waals surface area contributed by atoms with Gasteiger partial charge < -0.3 is 4.74 Å². The molecule has 0 aromatic heterocycles. The summed E-state index contributed by atoms with van der Waals surface area (Å²) in [6, 6.07) is 6.22. The predicted octanol–water partition coefficient (Wildman–Crippen LogP) is 3.14. The van der Waals surface area contributed by atoms with Crippen LogP contribution in [0.25, 0.3) is 0 Å². The molecule has 124 valence electrons. The number of rotatable bonds is 7. The molecule has 22 heavy (non-hydrogen) atoms. The van der Waals surface area contributed by atoms with Crippen molar-refractivity contribution in [2.45, 2.75) is 52.0 Å². The van der Waals surface area contributed by atoms with Crippen LogP contribution in [0.1, 0.15) is 43.7 Å². The summed E-state index contributed by atoms with van der Waals surface area (Å²) in [6.45, 7) is 4.72. The minimum Gasteiger partial charge on any atom is -0.496 e. The molecule has 1 aliphatic rings. The smallest absolute Gasteiger partial charge is 0.214 e. The minimum absolute atomic E-state index is 0.106. The van der Waals surface area contributed by atoms with E-state index < -0.39 is 10.0 Å². The van der Waals surface area contributed by atoms with E-state index in [2.05, 4.69) is 6.07 Å². The average Bonchev–Trinajstić information content (AvgIpc) is 2.94. The zero-order valence-corrected chi connectivity index (χ0v) is 14.7. The topological polar surface area (TPSA) is 46.6 Å². The second kappa shape index (κ2) is 7.47. The summed E-state index contributed by atoms with van der Waals surface area (Å²) >= 11 is 0. The summed E-state index contributed by atoms with van der Waals surface area (Å²) < 4.78 is 32.0. The van der Waals surface area contributed by atoms with Crippen LogP contribution in [-0.4, -0.2) is 38.2 Å². The highest BCUT2D eigenvalue weighted by molar-refractivity contribution is 7.89. The van der Waals surface area contributed by atoms with Crippen molar-refractivity contribution in [3.05, 3.63) is 29.3 Å². The zero-order valence-electron chi connectivity index (χ0n) is 13.8. The van der Waals surface area contributed by atoms with Crippen molar-refractivity contribution in [1.29, 1.82) is 0 Å². The Hall–Kier alpha value is -1.07. The van der Waals surface area contributed by atoms with Gasteiger partial charge in [-0.3, -0.25) is 0 Å². The maximum absolute atomic E-state index is 12.5. The normalized spacial score (nSPS) is 19.5. The Labute approximate surface area is 134 Å². The highest BCUT2D eigenvalue weighted by Gasteiger charge is 2.33. The first-order valence-electron chi connectivity index (χ1n) is 8.11. The van der Waals surface area contributed by atoms with Gasteiger partial charge in [0.25, 0.3) is 0 Å². The zero-order chi connectivity index (χ0) is 16.2. The van der Waals surface area contributed by atoms with E-state index in [0.717, 1.165) is 43.4 Å². The van der Waals surface area contributed by atoms with Gasteiger partial charge in [-0.15, -0.1) is 0 Å². The van der Waals surface area contributed by atoms with Crippen molar-refractivity contribution in [2.24, 2.45) is 0 Å². The second-order valence-corrected chi connectivity index (χ2v) is 8.13. The molecule has 4 nitrogen and oxygen atoms in total. The third-order valence-electron chi connectivity index (χ3n) is 4.37. The Kier molecular flexibility index (Phi) is 5.87. The maximum atomic E-state index is 12.5. The largest absolute Gasteiger partial charge is 0.496 e. The van der Waals surface area contributed by atoms with Crippen molar-refractivity contribution in [3.63, 3.8) is 0 Å². The lowest BCUT2D eigenvalue weighted by Gasteiger charge is -2.24. The van der Waals surface area contributed by atoms with Crippen LogP contribution in [0, 0.1) is 6.92 Å². The van der Waals surface area contributed by atoms with Gasteiger partial charge in [-0.2, -0.15) is 4.31 Å². The fourth-order valence-corrected chi connectivity index (χ4v) is 5.09. The highest BCUT2D eigenvalue weighted by atomic mass is 32.2. The van der Waals surface area contributed by atoms with Crippen molar-refractivity contribution in [3.8, 4) is 5.75 Å². The number of nitrogens with zero attached hydrogens (tertiary/aromatic N) is 1. The number of aryl methyl sites for hydroxylation is 1. The first-order chi connectivity index (χ1) is 10.5. The Balaban J connectivity index is 2.09. The molecule has 0 spiro atoms. The van der Waals surface area contributed by atoms with Crippen LogP contribution < -0.4 is 4.74 Å². The van der Waals surface area contributed by atoms with E-state index in [-0.39, 0.29) is 11.8 Å². The number of unbranched alkanes of at least 4 members (excludes halogenated alkanes) is 1. The molecule has 1 aromatic carbocycles. The summed E-state index contributed by atoms with van der Waals surface area (Å²) in [4.78, 5) is 0. The van der Waals surface area contributed by atoms with Crippen LogP contribution >= 0.6 is 0 Å². The van der Waals surface area contributed by atoms with Gasteiger partial charge in [0.1, 0.15) is 5.75 Å². The predicted molar refractivity (Wildman–Crippen MR) is 89.9 cm³/mol. The molecule has 0 bridgehead atoms. The lowest BCUT2D eigenvalue weighted by atomic mass is 10.0. The molecule has 1 aliphatic heterocycles. The SMILES string of the molecule is CCCCS(=O)(=O)N1CCCC1Cc1ccc(OC)c(C)c1. The van der Waals surface area contributed by atoms with Crippen molar-refractivity contribution >= 4 is 10.0 Å². The molecular formula is C17H27NO3S. The lowest BCUT2D eigenvalue weighted by molar-refractivity contribution is 0.384. The Morgan fingerprint density at radius 2 is 2.14 bits per heavy atom. The number of benzene rings is 1. The molecule has 1 aromatic rings. The van der Waals surface area contributed by atoms with E-state index >= 15 is 0 Å². The molecule has 0 aliphatic carbocycles. The number of hydrogen-bond donors (Lipinski definition) is 0. The van der Waals surface area contributed by atoms with Gasteiger partial charge in [-0.1, -0.05) is 25.5 Å². The monoisotopic (exact) mass is 325 g/mol. The van der Waals surface area contributed by atoms with Crippen molar-refractivity contribution in [1.82, 2.24) is 4.31 Å². The summed E-state index contributed by atoms with van der Waals surface area (Å²) in [5.74, 6) is 1.16. The first-order valence-corrected chi connectivity index (χ1v) is 9.72. The fraction of sp³-hybridized carbons (Fsp3) is 0.647. The van der Waals surface area contributed by atoms with Gasteiger partial charge in [-0.05, 0) is 49.8 Å². The number of sulfonamides is 1. The molecule has 1 unspecified atom stereocenters. The molecule has 5 heteroatoms. The molecular weight excluding hydrogens is 298 g/mol. The van der Waals surface area contributed by atoms with Crippen LogP contribution in [-0.2, 0) is 16.4 Å². The Bertz CT molecular complexity index is 598. The third-order valence-corrected chi connectivity index (χ3v) is 6.37. The Morgan fingerprint density at radius 3 is 2.77 bits per heavy atom. The van der Waals surface area contributed by atoms with Gasteiger partial charge in [-0.25, -0.2) is 8.42 Å². The number of hydrogen-bond acceptors (Lipinski definition) is 3.